The maximum Gasteiger partial charge on any atom is 0.263 e. The van der Waals surface area contributed by atoms with Crippen LogP contribution in [0.5, 0.6) is 5.75 Å². The Balaban J connectivity index is 0.00000392. The number of ether oxygens (including phenoxy) is 1. The van der Waals surface area contributed by atoms with E-state index in [1.807, 2.05) is 6.92 Å². The molecular formula is C18H25FIN5O2S. The Hall–Kier alpha value is -1.95. The number of guanidine groups is 1. The molecule has 0 fully saturated rings. The number of carbonyl (C=O) groups is 1. The van der Waals surface area contributed by atoms with Gasteiger partial charge in [0.1, 0.15) is 11.0 Å². The summed E-state index contributed by atoms with van der Waals surface area (Å²) in [5.41, 5.74) is 2.38. The van der Waals surface area contributed by atoms with Crippen LogP contribution in [-0.4, -0.2) is 49.6 Å². The second kappa shape index (κ2) is 12.5. The number of para-hydroxylation sites is 1. The predicted molar refractivity (Wildman–Crippen MR) is 120 cm³/mol. The summed E-state index contributed by atoms with van der Waals surface area (Å²) >= 11 is 1.32. The number of hydrogen-bond donors (Lipinski definition) is 3. The van der Waals surface area contributed by atoms with Crippen LogP contribution in [0.3, 0.4) is 0 Å². The number of nitrogens with one attached hydrogen (secondary N) is 3. The van der Waals surface area contributed by atoms with Crippen LogP contribution in [0.15, 0.2) is 34.8 Å². The second-order valence-corrected chi connectivity index (χ2v) is 6.62. The molecule has 1 atom stereocenters. The number of hydrogen-bond acceptors (Lipinski definition) is 5. The van der Waals surface area contributed by atoms with Gasteiger partial charge in [0.2, 0.25) is 0 Å². The maximum absolute atomic E-state index is 13.6. The zero-order valence-corrected chi connectivity index (χ0v) is 19.1. The molecule has 1 heterocycles. The van der Waals surface area contributed by atoms with E-state index in [9.17, 15) is 9.18 Å². The van der Waals surface area contributed by atoms with Gasteiger partial charge in [0.05, 0.1) is 17.7 Å². The van der Waals surface area contributed by atoms with Gasteiger partial charge in [-0.1, -0.05) is 12.1 Å². The first-order valence-electron chi connectivity index (χ1n) is 8.55. The van der Waals surface area contributed by atoms with E-state index in [0.717, 1.165) is 5.69 Å². The molecule has 0 aliphatic carbocycles. The van der Waals surface area contributed by atoms with Crippen LogP contribution in [0, 0.1) is 12.7 Å². The van der Waals surface area contributed by atoms with E-state index in [1.165, 1.54) is 17.4 Å². The molecule has 0 saturated carbocycles. The van der Waals surface area contributed by atoms with Gasteiger partial charge in [0.25, 0.3) is 5.91 Å². The summed E-state index contributed by atoms with van der Waals surface area (Å²) in [6.07, 6.45) is -0.255. The van der Waals surface area contributed by atoms with Gasteiger partial charge in [-0.3, -0.25) is 9.79 Å². The first-order valence-corrected chi connectivity index (χ1v) is 9.43. The predicted octanol–water partition coefficient (Wildman–Crippen LogP) is 2.57. The lowest BCUT2D eigenvalue weighted by molar-refractivity contribution is 0.0957. The number of aryl methyl sites for hydroxylation is 1. The highest BCUT2D eigenvalue weighted by Gasteiger charge is 2.11. The van der Waals surface area contributed by atoms with E-state index in [0.29, 0.717) is 30.5 Å². The average Bonchev–Trinajstić information content (AvgIpc) is 3.09. The third-order valence-electron chi connectivity index (χ3n) is 3.60. The minimum Gasteiger partial charge on any atom is -0.486 e. The van der Waals surface area contributed by atoms with Crippen molar-refractivity contribution in [3.05, 3.63) is 46.2 Å². The summed E-state index contributed by atoms with van der Waals surface area (Å²) in [5, 5.41) is 9.03. The summed E-state index contributed by atoms with van der Waals surface area (Å²) in [6.45, 7) is 5.04. The molecule has 2 aromatic rings. The van der Waals surface area contributed by atoms with Gasteiger partial charge >= 0.3 is 0 Å². The lowest BCUT2D eigenvalue weighted by atomic mass is 10.3. The fourth-order valence-corrected chi connectivity index (χ4v) is 2.94. The van der Waals surface area contributed by atoms with Crippen molar-refractivity contribution in [1.82, 2.24) is 20.9 Å². The Labute approximate surface area is 185 Å². The van der Waals surface area contributed by atoms with Gasteiger partial charge in [0.15, 0.2) is 17.5 Å². The molecule has 1 aromatic heterocycles. The molecule has 1 unspecified atom stereocenters. The van der Waals surface area contributed by atoms with E-state index in [2.05, 4.69) is 25.9 Å². The molecule has 0 radical (unpaired) electrons. The third kappa shape index (κ3) is 7.58. The molecule has 7 nitrogen and oxygen atoms in total. The van der Waals surface area contributed by atoms with Crippen LogP contribution >= 0.6 is 35.3 Å². The van der Waals surface area contributed by atoms with E-state index in [4.69, 9.17) is 4.74 Å². The minimum atomic E-state index is -0.390. The highest BCUT2D eigenvalue weighted by molar-refractivity contribution is 14.0. The van der Waals surface area contributed by atoms with E-state index >= 15 is 0 Å². The zero-order valence-electron chi connectivity index (χ0n) is 16.0. The number of benzene rings is 1. The van der Waals surface area contributed by atoms with Gasteiger partial charge in [-0.05, 0) is 26.0 Å². The number of aliphatic imine (C=N–C) groups is 1. The quantitative estimate of drug-likeness (QED) is 0.215. The van der Waals surface area contributed by atoms with E-state index in [-0.39, 0.29) is 41.7 Å². The summed E-state index contributed by atoms with van der Waals surface area (Å²) in [4.78, 5) is 20.8. The van der Waals surface area contributed by atoms with Crippen molar-refractivity contribution in [2.24, 2.45) is 4.99 Å². The van der Waals surface area contributed by atoms with Crippen LogP contribution in [0.2, 0.25) is 0 Å². The standard InChI is InChI=1S/C18H24FN5O2S.HI/c1-12(26-15-7-5-4-6-14(15)19)10-23-18(20-3)22-9-8-21-17(25)16-13(2)24-11-27-16;/h4-7,11-12H,8-10H2,1-3H3,(H,21,25)(H2,20,22,23);1H. The molecule has 2 rings (SSSR count). The molecule has 0 aliphatic rings. The number of halogens is 2. The average molecular weight is 521 g/mol. The summed E-state index contributed by atoms with van der Waals surface area (Å²) in [5.74, 6) is 0.267. The highest BCUT2D eigenvalue weighted by atomic mass is 127. The lowest BCUT2D eigenvalue weighted by Crippen LogP contribution is -2.44. The fraction of sp³-hybridized carbons (Fsp3) is 0.389. The van der Waals surface area contributed by atoms with Crippen molar-refractivity contribution in [2.45, 2.75) is 20.0 Å². The van der Waals surface area contributed by atoms with E-state index in [1.54, 1.807) is 37.7 Å². The molecule has 1 aromatic carbocycles. The van der Waals surface area contributed by atoms with E-state index < -0.39 is 5.82 Å². The zero-order chi connectivity index (χ0) is 19.6. The number of aromatic nitrogens is 1. The minimum absolute atomic E-state index is 0. The van der Waals surface area contributed by atoms with Crippen molar-refractivity contribution >= 4 is 47.2 Å². The molecule has 0 aliphatic heterocycles. The van der Waals surface area contributed by atoms with Crippen LogP contribution in [0.25, 0.3) is 0 Å². The van der Waals surface area contributed by atoms with Gasteiger partial charge in [-0.2, -0.15) is 0 Å². The number of nitrogens with zero attached hydrogens (tertiary/aromatic N) is 2. The van der Waals surface area contributed by atoms with Crippen molar-refractivity contribution in [1.29, 1.82) is 0 Å². The topological polar surface area (TPSA) is 87.6 Å². The maximum atomic E-state index is 13.6. The molecular weight excluding hydrogens is 496 g/mol. The monoisotopic (exact) mass is 521 g/mol. The normalized spacial score (nSPS) is 11.9. The Bertz CT molecular complexity index is 787. The largest absolute Gasteiger partial charge is 0.486 e. The number of thiazole rings is 1. The number of amides is 1. The Morgan fingerprint density at radius 1 is 1.29 bits per heavy atom. The third-order valence-corrected chi connectivity index (χ3v) is 4.53. The molecule has 0 bridgehead atoms. The highest BCUT2D eigenvalue weighted by Crippen LogP contribution is 2.16. The SMILES string of the molecule is CN=C(NCCNC(=O)c1scnc1C)NCC(C)Oc1ccccc1F.I. The number of rotatable bonds is 8. The second-order valence-electron chi connectivity index (χ2n) is 5.76. The molecule has 154 valence electrons. The summed E-state index contributed by atoms with van der Waals surface area (Å²) in [6, 6.07) is 6.29. The number of carbonyl (C=O) groups excluding carboxylic acids is 1. The molecule has 28 heavy (non-hydrogen) atoms. The van der Waals surface area contributed by atoms with Crippen molar-refractivity contribution in [3.63, 3.8) is 0 Å². The van der Waals surface area contributed by atoms with Crippen LogP contribution in [0.1, 0.15) is 22.3 Å². The lowest BCUT2D eigenvalue weighted by Gasteiger charge is -2.18. The molecule has 0 saturated heterocycles. The summed E-state index contributed by atoms with van der Waals surface area (Å²) < 4.78 is 19.2. The van der Waals surface area contributed by atoms with Crippen LogP contribution < -0.4 is 20.7 Å². The van der Waals surface area contributed by atoms with Gasteiger partial charge < -0.3 is 20.7 Å². The van der Waals surface area contributed by atoms with Gasteiger partial charge in [-0.15, -0.1) is 35.3 Å². The van der Waals surface area contributed by atoms with Crippen molar-refractivity contribution < 1.29 is 13.9 Å². The molecule has 3 N–H and O–H groups in total. The van der Waals surface area contributed by atoms with Crippen LogP contribution in [-0.2, 0) is 0 Å². The molecule has 10 heteroatoms. The van der Waals surface area contributed by atoms with Gasteiger partial charge in [-0.25, -0.2) is 9.37 Å². The Morgan fingerprint density at radius 2 is 2.00 bits per heavy atom. The van der Waals surface area contributed by atoms with Gasteiger partial charge in [0, 0.05) is 20.1 Å². The first kappa shape index (κ1) is 24.1. The van der Waals surface area contributed by atoms with Crippen molar-refractivity contribution in [2.75, 3.05) is 26.7 Å². The molecule has 1 amide bonds. The van der Waals surface area contributed by atoms with Crippen LogP contribution in [0.4, 0.5) is 4.39 Å². The smallest absolute Gasteiger partial charge is 0.263 e. The molecule has 0 spiro atoms. The Morgan fingerprint density at radius 3 is 2.64 bits per heavy atom. The van der Waals surface area contributed by atoms with Crippen molar-refractivity contribution in [3.8, 4) is 5.75 Å². The first-order chi connectivity index (χ1) is 13.0. The summed E-state index contributed by atoms with van der Waals surface area (Å²) in [7, 11) is 1.65. The Kier molecular flexibility index (Phi) is 10.8. The fourth-order valence-electron chi connectivity index (χ4n) is 2.22.